The van der Waals surface area contributed by atoms with Crippen molar-refractivity contribution >= 4 is 11.8 Å². The molecule has 1 atom stereocenters. The summed E-state index contributed by atoms with van der Waals surface area (Å²) in [5, 5.41) is 3.42. The quantitative estimate of drug-likeness (QED) is 0.835. The van der Waals surface area contributed by atoms with Gasteiger partial charge in [-0.25, -0.2) is 0 Å². The number of hydrogen-bond donors (Lipinski definition) is 1. The summed E-state index contributed by atoms with van der Waals surface area (Å²) < 4.78 is 0.326. The lowest BCUT2D eigenvalue weighted by Crippen LogP contribution is -2.21. The summed E-state index contributed by atoms with van der Waals surface area (Å²) in [7, 11) is 2.05. The van der Waals surface area contributed by atoms with Crippen molar-refractivity contribution < 1.29 is 0 Å². The number of benzene rings is 1. The fraction of sp³-hybridized carbons (Fsp3) is 0.625. The van der Waals surface area contributed by atoms with Gasteiger partial charge in [0.2, 0.25) is 0 Å². The van der Waals surface area contributed by atoms with E-state index in [1.54, 1.807) is 0 Å². The third-order valence-electron chi connectivity index (χ3n) is 3.04. The Hall–Kier alpha value is -0.470. The van der Waals surface area contributed by atoms with Gasteiger partial charge in [0.25, 0.3) is 0 Å². The van der Waals surface area contributed by atoms with Crippen molar-refractivity contribution in [3.8, 4) is 0 Å². The van der Waals surface area contributed by atoms with Crippen LogP contribution in [0.15, 0.2) is 24.3 Å². The fourth-order valence-electron chi connectivity index (χ4n) is 1.79. The Labute approximate surface area is 117 Å². The molecule has 1 rings (SSSR count). The molecular formula is C16H27NS. The van der Waals surface area contributed by atoms with Gasteiger partial charge in [-0.2, -0.15) is 11.8 Å². The lowest BCUT2D eigenvalue weighted by Gasteiger charge is -2.23. The van der Waals surface area contributed by atoms with Crippen LogP contribution in [0.4, 0.5) is 0 Å². The predicted molar refractivity (Wildman–Crippen MR) is 84.5 cm³/mol. The van der Waals surface area contributed by atoms with E-state index in [1.807, 2.05) is 18.8 Å². The van der Waals surface area contributed by atoms with E-state index in [4.69, 9.17) is 0 Å². The van der Waals surface area contributed by atoms with E-state index in [0.717, 1.165) is 5.75 Å². The van der Waals surface area contributed by atoms with Crippen molar-refractivity contribution in [3.63, 3.8) is 0 Å². The maximum atomic E-state index is 3.42. The standard InChI is InChI=1S/C16H27NS/c1-12(2)13-7-9-14(10-8-13)15(17-6)11-18-16(3,4)5/h7-10,12,15,17H,11H2,1-6H3. The molecule has 0 bridgehead atoms. The van der Waals surface area contributed by atoms with Gasteiger partial charge in [-0.05, 0) is 24.1 Å². The van der Waals surface area contributed by atoms with Gasteiger partial charge in [0, 0.05) is 16.5 Å². The second-order valence-electron chi connectivity index (χ2n) is 6.09. The predicted octanol–water partition coefficient (Wildman–Crippen LogP) is 4.60. The summed E-state index contributed by atoms with van der Waals surface area (Å²) in [6, 6.07) is 9.48. The van der Waals surface area contributed by atoms with Crippen LogP contribution in [-0.2, 0) is 0 Å². The second-order valence-corrected chi connectivity index (χ2v) is 7.93. The van der Waals surface area contributed by atoms with Crippen molar-refractivity contribution in [1.29, 1.82) is 0 Å². The van der Waals surface area contributed by atoms with E-state index in [0.29, 0.717) is 16.7 Å². The first-order valence-electron chi connectivity index (χ1n) is 6.74. The molecule has 0 fully saturated rings. The highest BCUT2D eigenvalue weighted by Gasteiger charge is 2.16. The Morgan fingerprint density at radius 2 is 1.56 bits per heavy atom. The summed E-state index contributed by atoms with van der Waals surface area (Å²) in [6.45, 7) is 11.3. The maximum absolute atomic E-state index is 3.42. The molecule has 0 amide bonds. The molecule has 0 saturated carbocycles. The molecule has 0 radical (unpaired) electrons. The van der Waals surface area contributed by atoms with E-state index in [1.165, 1.54) is 11.1 Å². The normalized spacial score (nSPS) is 13.9. The molecule has 0 aliphatic rings. The molecule has 18 heavy (non-hydrogen) atoms. The number of nitrogens with one attached hydrogen (secondary N) is 1. The van der Waals surface area contributed by atoms with Gasteiger partial charge in [0.1, 0.15) is 0 Å². The molecular weight excluding hydrogens is 238 g/mol. The zero-order valence-electron chi connectivity index (χ0n) is 12.6. The smallest absolute Gasteiger partial charge is 0.0409 e. The minimum absolute atomic E-state index is 0.326. The highest BCUT2D eigenvalue weighted by Crippen LogP contribution is 2.28. The molecule has 0 aromatic heterocycles. The average molecular weight is 265 g/mol. The van der Waals surface area contributed by atoms with Gasteiger partial charge in [-0.1, -0.05) is 58.9 Å². The summed E-state index contributed by atoms with van der Waals surface area (Å²) in [5.41, 5.74) is 2.80. The van der Waals surface area contributed by atoms with E-state index < -0.39 is 0 Å². The van der Waals surface area contributed by atoms with Crippen LogP contribution in [0.1, 0.15) is 57.7 Å². The maximum Gasteiger partial charge on any atom is 0.0409 e. The molecule has 1 nitrogen and oxygen atoms in total. The van der Waals surface area contributed by atoms with Gasteiger partial charge in [-0.3, -0.25) is 0 Å². The Morgan fingerprint density at radius 1 is 1.06 bits per heavy atom. The average Bonchev–Trinajstić information content (AvgIpc) is 2.29. The third-order valence-corrected chi connectivity index (χ3v) is 4.40. The topological polar surface area (TPSA) is 12.0 Å². The summed E-state index contributed by atoms with van der Waals surface area (Å²) in [4.78, 5) is 0. The van der Waals surface area contributed by atoms with Crippen LogP contribution in [0.5, 0.6) is 0 Å². The lowest BCUT2D eigenvalue weighted by atomic mass is 10.00. The first-order chi connectivity index (χ1) is 8.33. The van der Waals surface area contributed by atoms with Gasteiger partial charge < -0.3 is 5.32 Å². The van der Waals surface area contributed by atoms with Crippen LogP contribution >= 0.6 is 11.8 Å². The van der Waals surface area contributed by atoms with Crippen molar-refractivity contribution in [1.82, 2.24) is 5.32 Å². The largest absolute Gasteiger partial charge is 0.312 e. The Kier molecular flexibility index (Phi) is 5.74. The molecule has 0 saturated heterocycles. The second kappa shape index (κ2) is 6.63. The van der Waals surface area contributed by atoms with Gasteiger partial charge in [-0.15, -0.1) is 0 Å². The minimum atomic E-state index is 0.326. The Balaban J connectivity index is 2.70. The lowest BCUT2D eigenvalue weighted by molar-refractivity contribution is 0.656. The van der Waals surface area contributed by atoms with Crippen molar-refractivity contribution in [2.75, 3.05) is 12.8 Å². The first kappa shape index (κ1) is 15.6. The monoisotopic (exact) mass is 265 g/mol. The van der Waals surface area contributed by atoms with Crippen molar-refractivity contribution in [3.05, 3.63) is 35.4 Å². The third kappa shape index (κ3) is 5.03. The summed E-state index contributed by atoms with van der Waals surface area (Å²) >= 11 is 2.01. The van der Waals surface area contributed by atoms with Crippen LogP contribution in [0.2, 0.25) is 0 Å². The molecule has 1 aromatic carbocycles. The SMILES string of the molecule is CNC(CSC(C)(C)C)c1ccc(C(C)C)cc1. The van der Waals surface area contributed by atoms with E-state index in [2.05, 4.69) is 64.2 Å². The number of thioether (sulfide) groups is 1. The molecule has 0 aliphatic carbocycles. The molecule has 1 aromatic rings. The van der Waals surface area contributed by atoms with Crippen LogP contribution in [-0.4, -0.2) is 17.5 Å². The number of hydrogen-bond acceptors (Lipinski definition) is 2. The van der Waals surface area contributed by atoms with Crippen LogP contribution < -0.4 is 5.32 Å². The van der Waals surface area contributed by atoms with Crippen molar-refractivity contribution in [2.24, 2.45) is 0 Å². The van der Waals surface area contributed by atoms with Crippen LogP contribution in [0.25, 0.3) is 0 Å². The molecule has 0 aliphatic heterocycles. The highest BCUT2D eigenvalue weighted by atomic mass is 32.2. The van der Waals surface area contributed by atoms with E-state index in [9.17, 15) is 0 Å². The summed E-state index contributed by atoms with van der Waals surface area (Å²) in [6.07, 6.45) is 0. The van der Waals surface area contributed by atoms with Crippen molar-refractivity contribution in [2.45, 2.75) is 51.3 Å². The zero-order valence-corrected chi connectivity index (χ0v) is 13.4. The van der Waals surface area contributed by atoms with E-state index >= 15 is 0 Å². The Morgan fingerprint density at radius 3 is 1.94 bits per heavy atom. The fourth-order valence-corrected chi connectivity index (χ4v) is 2.82. The highest BCUT2D eigenvalue weighted by molar-refractivity contribution is 8.00. The Bertz CT molecular complexity index is 348. The molecule has 1 unspecified atom stereocenters. The van der Waals surface area contributed by atoms with Crippen LogP contribution in [0, 0.1) is 0 Å². The minimum Gasteiger partial charge on any atom is -0.312 e. The molecule has 0 spiro atoms. The zero-order chi connectivity index (χ0) is 13.8. The van der Waals surface area contributed by atoms with E-state index in [-0.39, 0.29) is 0 Å². The molecule has 1 N–H and O–H groups in total. The molecule has 0 heterocycles. The molecule has 2 heteroatoms. The van der Waals surface area contributed by atoms with Crippen LogP contribution in [0.3, 0.4) is 0 Å². The van der Waals surface area contributed by atoms with Gasteiger partial charge in [0.15, 0.2) is 0 Å². The van der Waals surface area contributed by atoms with Gasteiger partial charge in [0.05, 0.1) is 0 Å². The molecule has 102 valence electrons. The number of rotatable bonds is 5. The first-order valence-corrected chi connectivity index (χ1v) is 7.73. The summed E-state index contributed by atoms with van der Waals surface area (Å²) in [5.74, 6) is 1.72. The van der Waals surface area contributed by atoms with Gasteiger partial charge >= 0.3 is 0 Å².